The van der Waals surface area contributed by atoms with Crippen molar-refractivity contribution in [1.82, 2.24) is 5.32 Å². The minimum absolute atomic E-state index is 0.0479. The highest BCUT2D eigenvalue weighted by Crippen LogP contribution is 2.37. The number of anilines is 1. The molecule has 0 radical (unpaired) electrons. The molecule has 4 rings (SSSR count). The van der Waals surface area contributed by atoms with E-state index in [1.807, 2.05) is 30.3 Å². The zero-order valence-electron chi connectivity index (χ0n) is 13.9. The molecule has 0 bridgehead atoms. The Kier molecular flexibility index (Phi) is 4.55. The second-order valence-corrected chi connectivity index (χ2v) is 7.24. The fourth-order valence-corrected chi connectivity index (χ4v) is 3.43. The number of hydrogen-bond acceptors (Lipinski definition) is 4. The van der Waals surface area contributed by atoms with Crippen LogP contribution >= 0.6 is 15.9 Å². The Morgan fingerprint density at radius 2 is 1.92 bits per heavy atom. The Hall–Kier alpha value is -2.54. The number of halogens is 1. The number of ether oxygens (including phenoxy) is 2. The van der Waals surface area contributed by atoms with Gasteiger partial charge in [0.15, 0.2) is 11.5 Å². The minimum atomic E-state index is -0.133. The molecule has 1 unspecified atom stereocenters. The van der Waals surface area contributed by atoms with Crippen molar-refractivity contribution in [2.24, 2.45) is 5.92 Å². The molecule has 26 heavy (non-hydrogen) atoms. The van der Waals surface area contributed by atoms with Gasteiger partial charge >= 0.3 is 0 Å². The molecule has 2 amide bonds. The van der Waals surface area contributed by atoms with E-state index in [9.17, 15) is 9.59 Å². The van der Waals surface area contributed by atoms with Crippen LogP contribution in [0.4, 0.5) is 5.69 Å². The Morgan fingerprint density at radius 1 is 1.15 bits per heavy atom. The van der Waals surface area contributed by atoms with E-state index in [0.717, 1.165) is 10.2 Å². The lowest BCUT2D eigenvalue weighted by Crippen LogP contribution is -2.31. The van der Waals surface area contributed by atoms with Crippen LogP contribution in [0.25, 0.3) is 0 Å². The summed E-state index contributed by atoms with van der Waals surface area (Å²) in [7, 11) is 0. The lowest BCUT2D eigenvalue weighted by molar-refractivity contribution is -0.117. The van der Waals surface area contributed by atoms with Crippen molar-refractivity contribution in [3.8, 4) is 11.5 Å². The molecule has 1 atom stereocenters. The smallest absolute Gasteiger partial charge is 0.251 e. The summed E-state index contributed by atoms with van der Waals surface area (Å²) >= 11 is 3.35. The standard InChI is InChI=1S/C19H17BrN2O4/c20-14-3-1-13(2-4-14)19(24)21-9-12-7-18(23)22(10-12)15-5-6-16-17(8-15)26-11-25-16/h1-6,8,12H,7,9-11H2,(H,21,24). The van der Waals surface area contributed by atoms with Crippen molar-refractivity contribution in [1.29, 1.82) is 0 Å². The van der Waals surface area contributed by atoms with Gasteiger partial charge in [0, 0.05) is 47.2 Å². The number of hydrogen-bond donors (Lipinski definition) is 1. The minimum Gasteiger partial charge on any atom is -0.454 e. The van der Waals surface area contributed by atoms with Gasteiger partial charge in [0.2, 0.25) is 12.7 Å². The third kappa shape index (κ3) is 3.39. The molecule has 0 aromatic heterocycles. The van der Waals surface area contributed by atoms with Gasteiger partial charge in [-0.05, 0) is 36.4 Å². The molecule has 2 aliphatic heterocycles. The van der Waals surface area contributed by atoms with Gasteiger partial charge in [0.25, 0.3) is 5.91 Å². The molecular formula is C19H17BrN2O4. The lowest BCUT2D eigenvalue weighted by Gasteiger charge is -2.17. The van der Waals surface area contributed by atoms with Crippen molar-refractivity contribution < 1.29 is 19.1 Å². The summed E-state index contributed by atoms with van der Waals surface area (Å²) in [5.74, 6) is 1.34. The molecule has 6 nitrogen and oxygen atoms in total. The first-order valence-corrected chi connectivity index (χ1v) is 9.13. The number of nitrogens with one attached hydrogen (secondary N) is 1. The van der Waals surface area contributed by atoms with Crippen molar-refractivity contribution >= 4 is 33.4 Å². The summed E-state index contributed by atoms with van der Waals surface area (Å²) < 4.78 is 11.6. The van der Waals surface area contributed by atoms with Gasteiger partial charge in [0.1, 0.15) is 0 Å². The summed E-state index contributed by atoms with van der Waals surface area (Å²) in [6, 6.07) is 12.7. The summed E-state index contributed by atoms with van der Waals surface area (Å²) in [5.41, 5.74) is 1.39. The molecule has 0 saturated carbocycles. The molecule has 2 aromatic rings. The highest BCUT2D eigenvalue weighted by molar-refractivity contribution is 9.10. The van der Waals surface area contributed by atoms with Crippen LogP contribution in [0.3, 0.4) is 0 Å². The molecule has 0 spiro atoms. The molecule has 1 fully saturated rings. The number of nitrogens with zero attached hydrogens (tertiary/aromatic N) is 1. The highest BCUT2D eigenvalue weighted by Gasteiger charge is 2.31. The summed E-state index contributed by atoms with van der Waals surface area (Å²) in [4.78, 5) is 26.3. The first-order valence-electron chi connectivity index (χ1n) is 8.34. The average molecular weight is 417 g/mol. The van der Waals surface area contributed by atoms with E-state index in [2.05, 4.69) is 21.2 Å². The first-order chi connectivity index (χ1) is 12.6. The average Bonchev–Trinajstić information content (AvgIpc) is 3.25. The SMILES string of the molecule is O=C(NCC1CC(=O)N(c2ccc3c(c2)OCO3)C1)c1ccc(Br)cc1. The lowest BCUT2D eigenvalue weighted by atomic mass is 10.1. The number of carbonyl (C=O) groups is 2. The molecule has 1 N–H and O–H groups in total. The van der Waals surface area contributed by atoms with Crippen LogP contribution in [0.2, 0.25) is 0 Å². The first kappa shape index (κ1) is 16.9. The molecular weight excluding hydrogens is 400 g/mol. The topological polar surface area (TPSA) is 67.9 Å². The normalized spacial score (nSPS) is 18.3. The van der Waals surface area contributed by atoms with E-state index < -0.39 is 0 Å². The van der Waals surface area contributed by atoms with Crippen molar-refractivity contribution in [2.75, 3.05) is 24.8 Å². The van der Waals surface area contributed by atoms with E-state index in [-0.39, 0.29) is 24.5 Å². The number of benzene rings is 2. The van der Waals surface area contributed by atoms with Gasteiger partial charge in [-0.25, -0.2) is 0 Å². The summed E-state index contributed by atoms with van der Waals surface area (Å²) in [6.07, 6.45) is 0.412. The largest absolute Gasteiger partial charge is 0.454 e. The number of rotatable bonds is 4. The van der Waals surface area contributed by atoms with Crippen LogP contribution in [0, 0.1) is 5.92 Å². The van der Waals surface area contributed by atoms with Crippen molar-refractivity contribution in [3.63, 3.8) is 0 Å². The van der Waals surface area contributed by atoms with Gasteiger partial charge in [-0.2, -0.15) is 0 Å². The number of amides is 2. The number of fused-ring (bicyclic) bond motifs is 1. The molecule has 2 heterocycles. The molecule has 7 heteroatoms. The maximum atomic E-state index is 12.4. The number of carbonyl (C=O) groups excluding carboxylic acids is 2. The molecule has 134 valence electrons. The second-order valence-electron chi connectivity index (χ2n) is 6.33. The van der Waals surface area contributed by atoms with Gasteiger partial charge in [-0.15, -0.1) is 0 Å². The third-order valence-corrected chi connectivity index (χ3v) is 5.06. The predicted molar refractivity (Wildman–Crippen MR) is 99.5 cm³/mol. The quantitative estimate of drug-likeness (QED) is 0.831. The van der Waals surface area contributed by atoms with Gasteiger partial charge in [-0.1, -0.05) is 15.9 Å². The molecule has 2 aliphatic rings. The Morgan fingerprint density at radius 3 is 2.73 bits per heavy atom. The Balaban J connectivity index is 1.37. The maximum Gasteiger partial charge on any atom is 0.251 e. The molecule has 1 saturated heterocycles. The van der Waals surface area contributed by atoms with Gasteiger partial charge in [0.05, 0.1) is 0 Å². The monoisotopic (exact) mass is 416 g/mol. The Labute approximate surface area is 159 Å². The van der Waals surface area contributed by atoms with Gasteiger partial charge in [-0.3, -0.25) is 9.59 Å². The van der Waals surface area contributed by atoms with Crippen LogP contribution in [0.15, 0.2) is 46.9 Å². The van der Waals surface area contributed by atoms with Crippen LogP contribution < -0.4 is 19.7 Å². The third-order valence-electron chi connectivity index (χ3n) is 4.53. The second kappa shape index (κ2) is 6.99. The Bertz CT molecular complexity index is 853. The summed E-state index contributed by atoms with van der Waals surface area (Å²) in [5, 5.41) is 2.92. The molecule has 2 aromatic carbocycles. The van der Waals surface area contributed by atoms with E-state index >= 15 is 0 Å². The van der Waals surface area contributed by atoms with E-state index in [0.29, 0.717) is 36.6 Å². The van der Waals surface area contributed by atoms with Crippen LogP contribution in [-0.4, -0.2) is 31.7 Å². The van der Waals surface area contributed by atoms with E-state index in [1.54, 1.807) is 17.0 Å². The molecule has 0 aliphatic carbocycles. The van der Waals surface area contributed by atoms with Crippen molar-refractivity contribution in [3.05, 3.63) is 52.5 Å². The zero-order valence-corrected chi connectivity index (χ0v) is 15.5. The summed E-state index contributed by atoms with van der Waals surface area (Å²) in [6.45, 7) is 1.23. The maximum absolute atomic E-state index is 12.4. The van der Waals surface area contributed by atoms with E-state index in [4.69, 9.17) is 9.47 Å². The highest BCUT2D eigenvalue weighted by atomic mass is 79.9. The van der Waals surface area contributed by atoms with Crippen LogP contribution in [0.5, 0.6) is 11.5 Å². The van der Waals surface area contributed by atoms with Crippen molar-refractivity contribution in [2.45, 2.75) is 6.42 Å². The van der Waals surface area contributed by atoms with Gasteiger partial charge < -0.3 is 19.7 Å². The zero-order chi connectivity index (χ0) is 18.1. The van der Waals surface area contributed by atoms with Crippen LogP contribution in [0.1, 0.15) is 16.8 Å². The van der Waals surface area contributed by atoms with E-state index in [1.165, 1.54) is 0 Å². The van der Waals surface area contributed by atoms with Crippen LogP contribution in [-0.2, 0) is 4.79 Å². The fraction of sp³-hybridized carbons (Fsp3) is 0.263. The fourth-order valence-electron chi connectivity index (χ4n) is 3.16. The predicted octanol–water partition coefficient (Wildman–Crippen LogP) is 2.96.